The molecule has 27 heavy (non-hydrogen) atoms. The number of rotatable bonds is 5. The maximum atomic E-state index is 12.7. The molecule has 0 atom stereocenters. The minimum Gasteiger partial charge on any atom is -0.462 e. The lowest BCUT2D eigenvalue weighted by Crippen LogP contribution is -2.16. The summed E-state index contributed by atoms with van der Waals surface area (Å²) in [7, 11) is 0. The van der Waals surface area contributed by atoms with Gasteiger partial charge in [-0.3, -0.25) is 4.79 Å². The van der Waals surface area contributed by atoms with E-state index in [9.17, 15) is 9.59 Å². The summed E-state index contributed by atoms with van der Waals surface area (Å²) in [5.74, 6) is 0.754. The molecule has 1 aliphatic rings. The first kappa shape index (κ1) is 19.4. The summed E-state index contributed by atoms with van der Waals surface area (Å²) in [4.78, 5) is 26.3. The van der Waals surface area contributed by atoms with Gasteiger partial charge >= 0.3 is 5.97 Å². The SMILES string of the molecule is Cc1ccc(C=CC(=O)Nc2sc3c(c2C(=O)OC(C)C)CCCCC3)o1. The van der Waals surface area contributed by atoms with Crippen LogP contribution in [0.25, 0.3) is 6.08 Å². The quantitative estimate of drug-likeness (QED) is 0.438. The molecule has 3 rings (SSSR count). The summed E-state index contributed by atoms with van der Waals surface area (Å²) in [5, 5.41) is 3.45. The molecule has 0 spiro atoms. The fourth-order valence-electron chi connectivity index (χ4n) is 3.17. The number of aryl methyl sites for hydroxylation is 2. The van der Waals surface area contributed by atoms with Gasteiger partial charge in [-0.05, 0) is 70.2 Å². The first-order valence-electron chi connectivity index (χ1n) is 9.35. The second-order valence-corrected chi connectivity index (χ2v) is 8.10. The Bertz CT molecular complexity index is 860. The number of hydrogen-bond acceptors (Lipinski definition) is 5. The highest BCUT2D eigenvalue weighted by Gasteiger charge is 2.27. The van der Waals surface area contributed by atoms with Gasteiger partial charge < -0.3 is 14.5 Å². The van der Waals surface area contributed by atoms with E-state index in [0.717, 1.165) is 43.4 Å². The van der Waals surface area contributed by atoms with Gasteiger partial charge in [-0.1, -0.05) is 6.42 Å². The number of carbonyl (C=O) groups is 2. The van der Waals surface area contributed by atoms with Crippen LogP contribution in [-0.4, -0.2) is 18.0 Å². The lowest BCUT2D eigenvalue weighted by Gasteiger charge is -2.11. The van der Waals surface area contributed by atoms with Crippen molar-refractivity contribution in [3.05, 3.63) is 45.7 Å². The first-order valence-corrected chi connectivity index (χ1v) is 10.2. The van der Waals surface area contributed by atoms with Crippen molar-refractivity contribution in [1.29, 1.82) is 0 Å². The molecule has 5 nitrogen and oxygen atoms in total. The van der Waals surface area contributed by atoms with E-state index < -0.39 is 0 Å². The lowest BCUT2D eigenvalue weighted by atomic mass is 10.1. The first-order chi connectivity index (χ1) is 12.9. The van der Waals surface area contributed by atoms with Gasteiger partial charge in [0.2, 0.25) is 5.91 Å². The predicted octanol–water partition coefficient (Wildman–Crippen LogP) is 5.14. The van der Waals surface area contributed by atoms with Crippen LogP contribution in [0.15, 0.2) is 22.6 Å². The van der Waals surface area contributed by atoms with Gasteiger partial charge in [-0.25, -0.2) is 4.79 Å². The summed E-state index contributed by atoms with van der Waals surface area (Å²) in [6, 6.07) is 3.64. The van der Waals surface area contributed by atoms with Crippen LogP contribution in [0, 0.1) is 6.92 Å². The fourth-order valence-corrected chi connectivity index (χ4v) is 4.45. The van der Waals surface area contributed by atoms with E-state index in [4.69, 9.17) is 9.15 Å². The molecule has 2 aromatic heterocycles. The van der Waals surface area contributed by atoms with Crippen LogP contribution in [-0.2, 0) is 22.4 Å². The fraction of sp³-hybridized carbons (Fsp3) is 0.429. The topological polar surface area (TPSA) is 68.5 Å². The Morgan fingerprint density at radius 2 is 2.00 bits per heavy atom. The molecule has 0 saturated carbocycles. The summed E-state index contributed by atoms with van der Waals surface area (Å²) < 4.78 is 10.9. The Morgan fingerprint density at radius 1 is 1.22 bits per heavy atom. The van der Waals surface area contributed by atoms with E-state index in [1.165, 1.54) is 22.3 Å². The van der Waals surface area contributed by atoms with E-state index >= 15 is 0 Å². The maximum Gasteiger partial charge on any atom is 0.341 e. The molecule has 0 bridgehead atoms. The Kier molecular flexibility index (Phi) is 6.16. The van der Waals surface area contributed by atoms with E-state index in [1.807, 2.05) is 26.8 Å². The second-order valence-electron chi connectivity index (χ2n) is 6.99. The van der Waals surface area contributed by atoms with Crippen molar-refractivity contribution >= 4 is 34.3 Å². The number of fused-ring (bicyclic) bond motifs is 1. The van der Waals surface area contributed by atoms with Crippen LogP contribution in [0.4, 0.5) is 5.00 Å². The molecule has 0 aromatic carbocycles. The second kappa shape index (κ2) is 8.57. The van der Waals surface area contributed by atoms with Gasteiger partial charge in [0.25, 0.3) is 0 Å². The van der Waals surface area contributed by atoms with E-state index in [0.29, 0.717) is 16.3 Å². The zero-order chi connectivity index (χ0) is 19.4. The lowest BCUT2D eigenvalue weighted by molar-refractivity contribution is -0.111. The molecular weight excluding hydrogens is 362 g/mol. The predicted molar refractivity (Wildman–Crippen MR) is 107 cm³/mol. The van der Waals surface area contributed by atoms with Crippen molar-refractivity contribution in [2.45, 2.75) is 59.0 Å². The van der Waals surface area contributed by atoms with Crippen LogP contribution >= 0.6 is 11.3 Å². The molecule has 0 unspecified atom stereocenters. The zero-order valence-electron chi connectivity index (χ0n) is 16.0. The number of hydrogen-bond donors (Lipinski definition) is 1. The smallest absolute Gasteiger partial charge is 0.341 e. The van der Waals surface area contributed by atoms with E-state index in [1.54, 1.807) is 12.1 Å². The minimum atomic E-state index is -0.356. The van der Waals surface area contributed by atoms with Crippen molar-refractivity contribution < 1.29 is 18.7 Å². The number of anilines is 1. The normalized spacial score (nSPS) is 14.2. The maximum absolute atomic E-state index is 12.7. The van der Waals surface area contributed by atoms with E-state index in [-0.39, 0.29) is 18.0 Å². The molecular formula is C21H25NO4S. The van der Waals surface area contributed by atoms with Crippen molar-refractivity contribution in [2.24, 2.45) is 0 Å². The average Bonchev–Trinajstić information content (AvgIpc) is 3.08. The average molecular weight is 388 g/mol. The highest BCUT2D eigenvalue weighted by Crippen LogP contribution is 2.38. The monoisotopic (exact) mass is 387 g/mol. The molecule has 1 amide bonds. The Labute approximate surface area is 163 Å². The van der Waals surface area contributed by atoms with Gasteiger partial charge in [0, 0.05) is 11.0 Å². The Morgan fingerprint density at radius 3 is 2.70 bits per heavy atom. The van der Waals surface area contributed by atoms with Gasteiger partial charge in [0.15, 0.2) is 0 Å². The standard InChI is InChI=1S/C21H25NO4S/c1-13(2)25-21(24)19-16-7-5-4-6-8-17(16)27-20(19)22-18(23)12-11-15-10-9-14(3)26-15/h9-13H,4-8H2,1-3H3,(H,22,23). The zero-order valence-corrected chi connectivity index (χ0v) is 16.8. The van der Waals surface area contributed by atoms with Crippen molar-refractivity contribution in [3.8, 4) is 0 Å². The highest BCUT2D eigenvalue weighted by atomic mass is 32.1. The van der Waals surface area contributed by atoms with Crippen LogP contribution in [0.2, 0.25) is 0 Å². The summed E-state index contributed by atoms with van der Waals surface area (Å²) >= 11 is 1.49. The van der Waals surface area contributed by atoms with Crippen molar-refractivity contribution in [1.82, 2.24) is 0 Å². The number of carbonyl (C=O) groups excluding carboxylic acids is 2. The third-order valence-corrected chi connectivity index (χ3v) is 5.57. The van der Waals surface area contributed by atoms with Gasteiger partial charge in [0.05, 0.1) is 11.7 Å². The van der Waals surface area contributed by atoms with Gasteiger partial charge in [-0.2, -0.15) is 0 Å². The third-order valence-electron chi connectivity index (χ3n) is 4.37. The summed E-state index contributed by atoms with van der Waals surface area (Å²) in [6.07, 6.45) is 7.95. The van der Waals surface area contributed by atoms with Gasteiger partial charge in [-0.15, -0.1) is 11.3 Å². The number of furan rings is 1. The molecule has 1 aliphatic carbocycles. The Hall–Kier alpha value is -2.34. The van der Waals surface area contributed by atoms with Crippen LogP contribution < -0.4 is 5.32 Å². The highest BCUT2D eigenvalue weighted by molar-refractivity contribution is 7.17. The number of esters is 1. The number of ether oxygens (including phenoxy) is 1. The summed E-state index contributed by atoms with van der Waals surface area (Å²) in [6.45, 7) is 5.51. The molecule has 0 aliphatic heterocycles. The number of thiophene rings is 1. The molecule has 1 N–H and O–H groups in total. The van der Waals surface area contributed by atoms with Crippen LogP contribution in [0.5, 0.6) is 0 Å². The molecule has 6 heteroatoms. The largest absolute Gasteiger partial charge is 0.462 e. The molecule has 0 saturated heterocycles. The molecule has 2 heterocycles. The number of nitrogens with one attached hydrogen (secondary N) is 1. The summed E-state index contributed by atoms with van der Waals surface area (Å²) in [5.41, 5.74) is 1.57. The molecule has 2 aromatic rings. The van der Waals surface area contributed by atoms with Crippen molar-refractivity contribution in [3.63, 3.8) is 0 Å². The van der Waals surface area contributed by atoms with E-state index in [2.05, 4.69) is 5.32 Å². The molecule has 0 radical (unpaired) electrons. The minimum absolute atomic E-state index is 0.204. The third kappa shape index (κ3) is 4.89. The Balaban J connectivity index is 1.84. The van der Waals surface area contributed by atoms with Crippen molar-refractivity contribution in [2.75, 3.05) is 5.32 Å². The number of amides is 1. The molecule has 0 fully saturated rings. The van der Waals surface area contributed by atoms with Gasteiger partial charge in [0.1, 0.15) is 16.5 Å². The van der Waals surface area contributed by atoms with Crippen LogP contribution in [0.1, 0.15) is 65.4 Å². The molecule has 144 valence electrons. The van der Waals surface area contributed by atoms with Crippen LogP contribution in [0.3, 0.4) is 0 Å².